The van der Waals surface area contributed by atoms with Gasteiger partial charge in [0, 0.05) is 32.3 Å². The Hall–Kier alpha value is -0.900. The minimum absolute atomic E-state index is 0.0633. The van der Waals surface area contributed by atoms with Crippen LogP contribution in [0.15, 0.2) is 24.3 Å². The fourth-order valence-corrected chi connectivity index (χ4v) is 2.80. The van der Waals surface area contributed by atoms with E-state index in [2.05, 4.69) is 49.9 Å². The molecule has 1 unspecified atom stereocenters. The van der Waals surface area contributed by atoms with Crippen molar-refractivity contribution in [2.75, 3.05) is 26.8 Å². The number of ether oxygens (including phenoxy) is 1. The maximum atomic E-state index is 6.42. The number of aryl methyl sites for hydroxylation is 1. The summed E-state index contributed by atoms with van der Waals surface area (Å²) in [7, 11) is 1.76. The third kappa shape index (κ3) is 5.77. The highest BCUT2D eigenvalue weighted by molar-refractivity contribution is 5.25. The number of methoxy groups -OCH3 is 1. The van der Waals surface area contributed by atoms with Gasteiger partial charge in [0.1, 0.15) is 0 Å². The lowest BCUT2D eigenvalue weighted by molar-refractivity contribution is 0.110. The Balaban J connectivity index is 2.70. The molecule has 1 atom stereocenters. The van der Waals surface area contributed by atoms with Crippen molar-refractivity contribution in [3.8, 4) is 0 Å². The highest BCUT2D eigenvalue weighted by atomic mass is 16.5. The molecule has 0 bridgehead atoms. The number of hydrogen-bond acceptors (Lipinski definition) is 3. The topological polar surface area (TPSA) is 38.5 Å². The quantitative estimate of drug-likeness (QED) is 0.718. The van der Waals surface area contributed by atoms with Crippen LogP contribution < -0.4 is 5.73 Å². The van der Waals surface area contributed by atoms with Crippen LogP contribution in [0.3, 0.4) is 0 Å². The van der Waals surface area contributed by atoms with E-state index >= 15 is 0 Å². The van der Waals surface area contributed by atoms with Gasteiger partial charge in [-0.2, -0.15) is 0 Å². The summed E-state index contributed by atoms with van der Waals surface area (Å²) in [6.45, 7) is 9.27. The molecule has 0 radical (unpaired) electrons. The first-order valence-electron chi connectivity index (χ1n) is 8.23. The first-order valence-corrected chi connectivity index (χ1v) is 8.23. The van der Waals surface area contributed by atoms with Crippen molar-refractivity contribution in [2.45, 2.75) is 52.1 Å². The molecule has 0 fully saturated rings. The number of hydrogen-bond donors (Lipinski definition) is 1. The minimum Gasteiger partial charge on any atom is -0.383 e. The molecule has 1 rings (SSSR count). The van der Waals surface area contributed by atoms with Crippen molar-refractivity contribution in [3.05, 3.63) is 35.4 Å². The zero-order chi connectivity index (χ0) is 15.7. The summed E-state index contributed by atoms with van der Waals surface area (Å²) in [6.07, 6.45) is 3.38. The van der Waals surface area contributed by atoms with E-state index in [1.165, 1.54) is 11.1 Å². The summed E-state index contributed by atoms with van der Waals surface area (Å²) in [5.74, 6) is 0. The van der Waals surface area contributed by atoms with Gasteiger partial charge < -0.3 is 10.5 Å². The molecule has 2 N–H and O–H groups in total. The standard InChI is InChI=1S/C18H32N2O/c1-5-15-8-10-16(11-9-15)18(19)14-20(12-13-21-4)17(6-2)7-3/h8-11,17-18H,5-7,12-14,19H2,1-4H3. The lowest BCUT2D eigenvalue weighted by atomic mass is 10.0. The molecule has 0 spiro atoms. The van der Waals surface area contributed by atoms with E-state index < -0.39 is 0 Å². The fraction of sp³-hybridized carbons (Fsp3) is 0.667. The van der Waals surface area contributed by atoms with Crippen LogP contribution in [-0.2, 0) is 11.2 Å². The molecule has 21 heavy (non-hydrogen) atoms. The molecular formula is C18H32N2O. The first kappa shape index (κ1) is 18.1. The zero-order valence-corrected chi connectivity index (χ0v) is 14.1. The molecule has 3 heteroatoms. The second-order valence-corrected chi connectivity index (χ2v) is 5.66. The Morgan fingerprint density at radius 3 is 2.19 bits per heavy atom. The van der Waals surface area contributed by atoms with Crippen LogP contribution in [-0.4, -0.2) is 37.7 Å². The molecule has 0 saturated carbocycles. The average Bonchev–Trinajstić information content (AvgIpc) is 2.53. The van der Waals surface area contributed by atoms with Gasteiger partial charge in [0.2, 0.25) is 0 Å². The van der Waals surface area contributed by atoms with Crippen molar-refractivity contribution in [1.29, 1.82) is 0 Å². The Morgan fingerprint density at radius 1 is 1.10 bits per heavy atom. The Bertz CT molecular complexity index is 373. The van der Waals surface area contributed by atoms with E-state index in [0.717, 1.165) is 39.0 Å². The summed E-state index contributed by atoms with van der Waals surface area (Å²) in [5, 5.41) is 0. The van der Waals surface area contributed by atoms with E-state index in [1.54, 1.807) is 7.11 Å². The highest BCUT2D eigenvalue weighted by Gasteiger charge is 2.18. The third-order valence-corrected chi connectivity index (χ3v) is 4.29. The summed E-state index contributed by atoms with van der Waals surface area (Å²) < 4.78 is 5.25. The highest BCUT2D eigenvalue weighted by Crippen LogP contribution is 2.17. The molecule has 0 aromatic heterocycles. The fourth-order valence-electron chi connectivity index (χ4n) is 2.80. The van der Waals surface area contributed by atoms with Crippen molar-refractivity contribution < 1.29 is 4.74 Å². The monoisotopic (exact) mass is 292 g/mol. The minimum atomic E-state index is 0.0633. The number of rotatable bonds is 10. The molecule has 0 heterocycles. The van der Waals surface area contributed by atoms with Gasteiger partial charge in [-0.05, 0) is 30.4 Å². The predicted octanol–water partition coefficient (Wildman–Crippen LogP) is 3.39. The maximum absolute atomic E-state index is 6.42. The van der Waals surface area contributed by atoms with Crippen LogP contribution in [0.2, 0.25) is 0 Å². The SMILES string of the molecule is CCc1ccc(C(N)CN(CCOC)C(CC)CC)cc1. The lowest BCUT2D eigenvalue weighted by Gasteiger charge is -2.32. The smallest absolute Gasteiger partial charge is 0.0589 e. The van der Waals surface area contributed by atoms with Crippen LogP contribution in [0.5, 0.6) is 0 Å². The molecule has 0 aliphatic carbocycles. The van der Waals surface area contributed by atoms with E-state index in [-0.39, 0.29) is 6.04 Å². The predicted molar refractivity (Wildman–Crippen MR) is 90.6 cm³/mol. The van der Waals surface area contributed by atoms with Gasteiger partial charge in [0.15, 0.2) is 0 Å². The molecular weight excluding hydrogens is 260 g/mol. The Kier molecular flexibility index (Phi) is 8.58. The van der Waals surface area contributed by atoms with Crippen molar-refractivity contribution in [2.24, 2.45) is 5.73 Å². The van der Waals surface area contributed by atoms with Crippen LogP contribution in [0.1, 0.15) is 50.8 Å². The molecule has 0 amide bonds. The number of nitrogens with zero attached hydrogens (tertiary/aromatic N) is 1. The van der Waals surface area contributed by atoms with Crippen LogP contribution in [0, 0.1) is 0 Å². The normalized spacial score (nSPS) is 13.1. The molecule has 1 aromatic carbocycles. The van der Waals surface area contributed by atoms with E-state index in [1.807, 2.05) is 0 Å². The van der Waals surface area contributed by atoms with Crippen LogP contribution >= 0.6 is 0 Å². The second kappa shape index (κ2) is 9.93. The van der Waals surface area contributed by atoms with Gasteiger partial charge in [-0.1, -0.05) is 45.0 Å². The molecule has 0 aliphatic rings. The lowest BCUT2D eigenvalue weighted by Crippen LogP contribution is -2.41. The summed E-state index contributed by atoms with van der Waals surface area (Å²) in [6, 6.07) is 9.36. The maximum Gasteiger partial charge on any atom is 0.0589 e. The van der Waals surface area contributed by atoms with Gasteiger partial charge in [-0.25, -0.2) is 0 Å². The number of nitrogens with two attached hydrogens (primary N) is 1. The van der Waals surface area contributed by atoms with E-state index in [4.69, 9.17) is 10.5 Å². The molecule has 1 aromatic rings. The molecule has 3 nitrogen and oxygen atoms in total. The van der Waals surface area contributed by atoms with Crippen molar-refractivity contribution >= 4 is 0 Å². The second-order valence-electron chi connectivity index (χ2n) is 5.66. The molecule has 0 aliphatic heterocycles. The third-order valence-electron chi connectivity index (χ3n) is 4.29. The summed E-state index contributed by atoms with van der Waals surface area (Å²) in [4.78, 5) is 2.47. The number of benzene rings is 1. The van der Waals surface area contributed by atoms with Gasteiger partial charge in [-0.15, -0.1) is 0 Å². The van der Waals surface area contributed by atoms with Gasteiger partial charge in [-0.3, -0.25) is 4.90 Å². The summed E-state index contributed by atoms with van der Waals surface area (Å²) in [5.41, 5.74) is 9.01. The van der Waals surface area contributed by atoms with Gasteiger partial charge in [0.05, 0.1) is 6.61 Å². The van der Waals surface area contributed by atoms with Crippen molar-refractivity contribution in [1.82, 2.24) is 4.90 Å². The van der Waals surface area contributed by atoms with Gasteiger partial charge >= 0.3 is 0 Å². The molecule has 120 valence electrons. The van der Waals surface area contributed by atoms with Gasteiger partial charge in [0.25, 0.3) is 0 Å². The largest absolute Gasteiger partial charge is 0.383 e. The van der Waals surface area contributed by atoms with Crippen LogP contribution in [0.4, 0.5) is 0 Å². The first-order chi connectivity index (χ1) is 10.2. The van der Waals surface area contributed by atoms with Crippen molar-refractivity contribution in [3.63, 3.8) is 0 Å². The Morgan fingerprint density at radius 2 is 1.71 bits per heavy atom. The Labute approximate surface area is 130 Å². The van der Waals surface area contributed by atoms with E-state index in [9.17, 15) is 0 Å². The zero-order valence-electron chi connectivity index (χ0n) is 14.1. The van der Waals surface area contributed by atoms with Crippen LogP contribution in [0.25, 0.3) is 0 Å². The summed E-state index contributed by atoms with van der Waals surface area (Å²) >= 11 is 0. The average molecular weight is 292 g/mol. The molecule has 0 saturated heterocycles. The van der Waals surface area contributed by atoms with E-state index in [0.29, 0.717) is 6.04 Å².